The van der Waals surface area contributed by atoms with Crippen molar-refractivity contribution < 1.29 is 32.7 Å². The van der Waals surface area contributed by atoms with Crippen LogP contribution in [0.4, 0.5) is 17.1 Å². The van der Waals surface area contributed by atoms with Gasteiger partial charge in [-0.05, 0) is 148 Å². The van der Waals surface area contributed by atoms with E-state index in [1.807, 2.05) is 26.0 Å². The number of hydrogen-bond acceptors (Lipinski definition) is 13. The lowest BCUT2D eigenvalue weighted by Gasteiger charge is -2.58. The number of anilines is 2. The van der Waals surface area contributed by atoms with Gasteiger partial charge in [-0.2, -0.15) is 0 Å². The van der Waals surface area contributed by atoms with E-state index in [4.69, 9.17) is 9.47 Å². The summed E-state index contributed by atoms with van der Waals surface area (Å²) in [4.78, 5) is 40.6. The first-order valence-electron chi connectivity index (χ1n) is 26.6. The minimum atomic E-state index is -4.59. The molecule has 16 nitrogen and oxygen atoms in total. The monoisotopic (exact) mass is 1040 g/mol. The summed E-state index contributed by atoms with van der Waals surface area (Å²) in [5.41, 5.74) is 4.89. The van der Waals surface area contributed by atoms with Gasteiger partial charge in [-0.3, -0.25) is 24.7 Å². The summed E-state index contributed by atoms with van der Waals surface area (Å²) in [6, 6.07) is 30.7. The second kappa shape index (κ2) is 21.6. The molecule has 2 aromatic heterocycles. The highest BCUT2D eigenvalue weighted by Crippen LogP contribution is 2.53. The molecule has 2 aliphatic heterocycles. The number of piperidine rings is 1. The topological polar surface area (TPSA) is 195 Å². The van der Waals surface area contributed by atoms with Gasteiger partial charge in [0.1, 0.15) is 28.6 Å². The van der Waals surface area contributed by atoms with Crippen molar-refractivity contribution in [2.45, 2.75) is 114 Å². The Morgan fingerprint density at radius 3 is 2.43 bits per heavy atom. The number of hydrogen-bond donors (Lipinski definition) is 4. The SMILES string of the molecule is CCOc1ccc(CN2CCN(C3CC4(CCN(c5ccc(C(=O)NS(=O)(=O)c6ccc(NC[C@H]7CC[C@](C)(O)CC7)c([N+](=O)[O-])c6)c(Oc6cnc7[nH]ccc7c6)c5)CC4)C3)C(c3ccccc3C(C)C)C2)cc1. The fourth-order valence-corrected chi connectivity index (χ4v) is 13.0. The fourth-order valence-electron chi connectivity index (χ4n) is 12.0. The average Bonchev–Trinajstić information content (AvgIpc) is 3.88. The summed E-state index contributed by atoms with van der Waals surface area (Å²) in [6.45, 7) is 15.0. The van der Waals surface area contributed by atoms with Crippen molar-refractivity contribution in [3.05, 3.63) is 142 Å². The van der Waals surface area contributed by atoms with Crippen molar-refractivity contribution in [2.75, 3.05) is 56.1 Å². The largest absolute Gasteiger partial charge is 0.494 e. The molecule has 4 heterocycles. The Morgan fingerprint density at radius 2 is 1.69 bits per heavy atom. The first-order valence-corrected chi connectivity index (χ1v) is 28.1. The van der Waals surface area contributed by atoms with E-state index in [1.54, 1.807) is 30.6 Å². The zero-order valence-electron chi connectivity index (χ0n) is 43.5. The highest BCUT2D eigenvalue weighted by molar-refractivity contribution is 7.90. The summed E-state index contributed by atoms with van der Waals surface area (Å²) in [5, 5.41) is 26.5. The van der Waals surface area contributed by atoms with Crippen LogP contribution in [0.3, 0.4) is 0 Å². The molecular weight excluding hydrogens is 969 g/mol. The Hall–Kier alpha value is -6.53. The van der Waals surface area contributed by atoms with E-state index in [9.17, 15) is 28.4 Å². The van der Waals surface area contributed by atoms with Crippen molar-refractivity contribution in [3.63, 3.8) is 0 Å². The molecule has 4 aliphatic rings. The van der Waals surface area contributed by atoms with Crippen LogP contribution in [0.2, 0.25) is 0 Å². The summed E-state index contributed by atoms with van der Waals surface area (Å²) in [7, 11) is -4.59. The number of aliphatic hydroxyl groups is 1. The molecule has 2 saturated heterocycles. The molecular formula is C58H70N8O8S. The van der Waals surface area contributed by atoms with Gasteiger partial charge in [-0.15, -0.1) is 0 Å². The van der Waals surface area contributed by atoms with Crippen molar-refractivity contribution in [1.82, 2.24) is 24.5 Å². The predicted molar refractivity (Wildman–Crippen MR) is 291 cm³/mol. The van der Waals surface area contributed by atoms with Crippen molar-refractivity contribution in [1.29, 1.82) is 0 Å². The normalized spacial score (nSPS) is 21.5. The Balaban J connectivity index is 0.827. The molecule has 4 fully saturated rings. The summed E-state index contributed by atoms with van der Waals surface area (Å²) in [6.07, 6.45) is 10.4. The van der Waals surface area contributed by atoms with Gasteiger partial charge < -0.3 is 29.8 Å². The van der Waals surface area contributed by atoms with Crippen LogP contribution in [0.15, 0.2) is 114 Å². The number of carbonyl (C=O) groups excluding carboxylic acids is 1. The number of pyridine rings is 1. The van der Waals surface area contributed by atoms with Crippen molar-refractivity contribution in [2.24, 2.45) is 11.3 Å². The first kappa shape index (κ1) is 51.9. The molecule has 4 aromatic carbocycles. The van der Waals surface area contributed by atoms with Gasteiger partial charge in [-0.25, -0.2) is 18.1 Å². The number of amides is 1. The zero-order chi connectivity index (χ0) is 52.5. The van der Waals surface area contributed by atoms with Gasteiger partial charge in [0, 0.05) is 87.3 Å². The molecule has 396 valence electrons. The molecule has 1 amide bonds. The van der Waals surface area contributed by atoms with Crippen LogP contribution in [-0.2, 0) is 16.6 Å². The number of fused-ring (bicyclic) bond motifs is 1. The lowest BCUT2D eigenvalue weighted by Crippen LogP contribution is -2.60. The second-order valence-corrected chi connectivity index (χ2v) is 23.6. The molecule has 2 aliphatic carbocycles. The third-order valence-corrected chi connectivity index (χ3v) is 17.7. The van der Waals surface area contributed by atoms with Crippen LogP contribution in [0.25, 0.3) is 11.0 Å². The van der Waals surface area contributed by atoms with Crippen LogP contribution >= 0.6 is 0 Å². The zero-order valence-corrected chi connectivity index (χ0v) is 44.3. The van der Waals surface area contributed by atoms with Crippen molar-refractivity contribution >= 4 is 44.0 Å². The molecule has 1 atom stereocenters. The van der Waals surface area contributed by atoms with Crippen LogP contribution < -0.4 is 24.4 Å². The molecule has 2 saturated carbocycles. The van der Waals surface area contributed by atoms with E-state index < -0.39 is 37.0 Å². The molecule has 4 N–H and O–H groups in total. The Bertz CT molecular complexity index is 3120. The van der Waals surface area contributed by atoms with E-state index in [0.717, 1.165) is 101 Å². The molecule has 0 bridgehead atoms. The highest BCUT2D eigenvalue weighted by atomic mass is 32.2. The number of sulfonamides is 1. The van der Waals surface area contributed by atoms with Crippen molar-refractivity contribution in [3.8, 4) is 17.2 Å². The molecule has 17 heteroatoms. The molecule has 1 spiro atoms. The Kier molecular flexibility index (Phi) is 15.0. The number of nitrogens with one attached hydrogen (secondary N) is 3. The number of H-pyrrole nitrogens is 1. The predicted octanol–water partition coefficient (Wildman–Crippen LogP) is 10.6. The standard InChI is InChI=1S/C58H70N8O8S/c1-5-73-45-13-10-41(11-14-45)37-63-28-29-65(53(38-63)49-9-7-6-8-48(49)39(2)3)44-33-58(34-44)23-26-64(27-24-58)43-12-16-50(54(31-43)74-46-30-42-20-25-59-55(42)61-36-46)56(67)62-75(71,72)47-15-17-51(52(32-47)66(69)70)60-35-40-18-21-57(4,68)22-19-40/h6-17,20,25,30-32,36,39-40,44,53,60,68H,5,18-19,21-24,26-29,33-35,37-38H2,1-4H3,(H,59,61)(H,62,67)/t40-,53?,57-. The number of benzene rings is 4. The maximum atomic E-state index is 14.1. The highest BCUT2D eigenvalue weighted by Gasteiger charge is 2.50. The minimum absolute atomic E-state index is 0.0285. The minimum Gasteiger partial charge on any atom is -0.494 e. The quantitative estimate of drug-likeness (QED) is 0.0498. The average molecular weight is 1040 g/mol. The Labute approximate surface area is 440 Å². The van der Waals surface area contributed by atoms with Crippen LogP contribution in [0.1, 0.15) is 118 Å². The third kappa shape index (κ3) is 11.7. The van der Waals surface area contributed by atoms with E-state index in [0.29, 0.717) is 55.4 Å². The summed E-state index contributed by atoms with van der Waals surface area (Å²) < 4.78 is 42.0. The van der Waals surface area contributed by atoms with E-state index in [1.165, 1.54) is 28.8 Å². The molecule has 1 unspecified atom stereocenters. The van der Waals surface area contributed by atoms with E-state index in [2.05, 4.69) is 97.1 Å². The maximum absolute atomic E-state index is 14.1. The molecule has 75 heavy (non-hydrogen) atoms. The van der Waals surface area contributed by atoms with Gasteiger partial charge in [0.15, 0.2) is 0 Å². The van der Waals surface area contributed by atoms with Crippen LogP contribution in [0, 0.1) is 21.4 Å². The number of piperazine rings is 1. The molecule has 10 rings (SSSR count). The number of ether oxygens (including phenoxy) is 2. The van der Waals surface area contributed by atoms with E-state index in [-0.39, 0.29) is 28.3 Å². The van der Waals surface area contributed by atoms with E-state index >= 15 is 0 Å². The van der Waals surface area contributed by atoms with Gasteiger partial charge >= 0.3 is 0 Å². The second-order valence-electron chi connectivity index (χ2n) is 22.0. The summed E-state index contributed by atoms with van der Waals surface area (Å²) in [5.74, 6) is 1.07. The van der Waals surface area contributed by atoms with Gasteiger partial charge in [0.25, 0.3) is 21.6 Å². The van der Waals surface area contributed by atoms with Gasteiger partial charge in [0.05, 0.1) is 33.8 Å². The number of aromatic amines is 1. The molecule has 0 radical (unpaired) electrons. The number of nitro groups is 1. The number of carbonyl (C=O) groups is 1. The van der Waals surface area contributed by atoms with Crippen LogP contribution in [-0.4, -0.2) is 102 Å². The van der Waals surface area contributed by atoms with Gasteiger partial charge in [0.2, 0.25) is 0 Å². The third-order valence-electron chi connectivity index (χ3n) is 16.4. The smallest absolute Gasteiger partial charge is 0.293 e. The number of nitrogens with zero attached hydrogens (tertiary/aromatic N) is 5. The maximum Gasteiger partial charge on any atom is 0.293 e. The number of nitro benzene ring substituents is 1. The fraction of sp³-hybridized carbons (Fsp3) is 0.448. The summed E-state index contributed by atoms with van der Waals surface area (Å²) >= 11 is 0. The van der Waals surface area contributed by atoms with Gasteiger partial charge in [-0.1, -0.05) is 50.2 Å². The lowest BCUT2D eigenvalue weighted by molar-refractivity contribution is -0.384. The first-order chi connectivity index (χ1) is 36.0. The van der Waals surface area contributed by atoms with Crippen LogP contribution in [0.5, 0.6) is 17.2 Å². The molecule has 6 aromatic rings. The number of rotatable bonds is 17. The number of aromatic nitrogens is 2. The Morgan fingerprint density at radius 1 is 0.933 bits per heavy atom. The lowest BCUT2D eigenvalue weighted by atomic mass is 9.59.